The van der Waals surface area contributed by atoms with Crippen molar-refractivity contribution in [3.8, 4) is 0 Å². The summed E-state index contributed by atoms with van der Waals surface area (Å²) in [6, 6.07) is 1.62. The highest BCUT2D eigenvalue weighted by Gasteiger charge is 2.11. The fourth-order valence-electron chi connectivity index (χ4n) is 1.60. The summed E-state index contributed by atoms with van der Waals surface area (Å²) in [6.45, 7) is 2.14. The maximum atomic E-state index is 12.0. The molecule has 6 nitrogen and oxygen atoms in total. The first kappa shape index (κ1) is 12.1. The number of imidazole rings is 1. The van der Waals surface area contributed by atoms with E-state index in [0.29, 0.717) is 23.5 Å². The third-order valence-corrected chi connectivity index (χ3v) is 2.68. The number of carbonyl (C=O) groups is 1. The molecule has 2 aromatic heterocycles. The maximum absolute atomic E-state index is 12.0. The number of hydrogen-bond acceptors (Lipinski definition) is 4. The van der Waals surface area contributed by atoms with E-state index in [-0.39, 0.29) is 5.91 Å². The Kier molecular flexibility index (Phi) is 3.27. The summed E-state index contributed by atoms with van der Waals surface area (Å²) in [5.41, 5.74) is 7.24. The van der Waals surface area contributed by atoms with Gasteiger partial charge in [-0.15, -0.1) is 0 Å². The summed E-state index contributed by atoms with van der Waals surface area (Å²) in [4.78, 5) is 20.2. The lowest BCUT2D eigenvalue weighted by molar-refractivity contribution is 0.0948. The van der Waals surface area contributed by atoms with E-state index in [1.54, 1.807) is 19.2 Å². The molecule has 0 aromatic carbocycles. The largest absolute Gasteiger partial charge is 0.397 e. The molecule has 0 atom stereocenters. The van der Waals surface area contributed by atoms with E-state index in [1.165, 1.54) is 6.20 Å². The molecule has 0 unspecified atom stereocenters. The van der Waals surface area contributed by atoms with E-state index in [2.05, 4.69) is 15.3 Å². The number of rotatable bonds is 3. The number of nitrogen functional groups attached to an aromatic ring is 1. The van der Waals surface area contributed by atoms with Crippen molar-refractivity contribution >= 4 is 11.6 Å². The first-order valence-corrected chi connectivity index (χ1v) is 5.54. The fraction of sp³-hybridized carbons (Fsp3) is 0.250. The maximum Gasteiger partial charge on any atom is 0.253 e. The molecule has 0 aliphatic heterocycles. The van der Waals surface area contributed by atoms with Crippen molar-refractivity contribution in [3.63, 3.8) is 0 Å². The van der Waals surface area contributed by atoms with E-state index in [0.717, 1.165) is 5.82 Å². The van der Waals surface area contributed by atoms with Gasteiger partial charge in [-0.05, 0) is 13.0 Å². The smallest absolute Gasteiger partial charge is 0.253 e. The predicted molar refractivity (Wildman–Crippen MR) is 67.8 cm³/mol. The number of hydrogen-bond donors (Lipinski definition) is 2. The highest BCUT2D eigenvalue weighted by atomic mass is 16.1. The molecule has 6 heteroatoms. The molecule has 3 N–H and O–H groups in total. The lowest BCUT2D eigenvalue weighted by Crippen LogP contribution is -2.25. The molecule has 0 bridgehead atoms. The van der Waals surface area contributed by atoms with Crippen LogP contribution in [0.5, 0.6) is 0 Å². The van der Waals surface area contributed by atoms with Crippen molar-refractivity contribution < 1.29 is 4.79 Å². The number of pyridine rings is 1. The van der Waals surface area contributed by atoms with Gasteiger partial charge in [0.05, 0.1) is 29.7 Å². The molecule has 2 heterocycles. The zero-order valence-corrected chi connectivity index (χ0v) is 10.3. The molecular formula is C12H15N5O. The summed E-state index contributed by atoms with van der Waals surface area (Å²) >= 11 is 0. The number of nitrogens with two attached hydrogens (primary N) is 1. The van der Waals surface area contributed by atoms with Crippen LogP contribution in [0.1, 0.15) is 21.9 Å². The van der Waals surface area contributed by atoms with Gasteiger partial charge in [0.1, 0.15) is 5.82 Å². The molecule has 0 fully saturated rings. The van der Waals surface area contributed by atoms with Crippen LogP contribution in [0.25, 0.3) is 0 Å². The van der Waals surface area contributed by atoms with Gasteiger partial charge in [0.2, 0.25) is 0 Å². The lowest BCUT2D eigenvalue weighted by atomic mass is 10.2. The highest BCUT2D eigenvalue weighted by Crippen LogP contribution is 2.09. The molecule has 0 saturated heterocycles. The molecule has 0 aliphatic carbocycles. The van der Waals surface area contributed by atoms with E-state index in [9.17, 15) is 4.79 Å². The Morgan fingerprint density at radius 1 is 1.50 bits per heavy atom. The number of nitrogens with one attached hydrogen (secondary N) is 1. The monoisotopic (exact) mass is 245 g/mol. The van der Waals surface area contributed by atoms with Crippen LogP contribution in [0.4, 0.5) is 5.69 Å². The van der Waals surface area contributed by atoms with Crippen molar-refractivity contribution in [2.24, 2.45) is 7.05 Å². The van der Waals surface area contributed by atoms with Gasteiger partial charge < -0.3 is 15.6 Å². The second-order valence-corrected chi connectivity index (χ2v) is 4.04. The first-order valence-electron chi connectivity index (χ1n) is 5.54. The summed E-state index contributed by atoms with van der Waals surface area (Å²) in [5.74, 6) is 0.591. The Balaban J connectivity index is 2.08. The molecule has 2 rings (SSSR count). The minimum atomic E-state index is -0.199. The minimum absolute atomic E-state index is 0.199. The van der Waals surface area contributed by atoms with E-state index in [4.69, 9.17) is 5.73 Å². The van der Waals surface area contributed by atoms with Gasteiger partial charge in [-0.1, -0.05) is 0 Å². The number of aryl methyl sites for hydroxylation is 2. The van der Waals surface area contributed by atoms with Crippen molar-refractivity contribution in [3.05, 3.63) is 41.7 Å². The summed E-state index contributed by atoms with van der Waals surface area (Å²) < 4.78 is 1.85. The summed E-state index contributed by atoms with van der Waals surface area (Å²) in [6.07, 6.45) is 5.05. The molecule has 18 heavy (non-hydrogen) atoms. The Hall–Kier alpha value is -2.37. The molecule has 1 amide bonds. The number of nitrogens with zero attached hydrogens (tertiary/aromatic N) is 3. The van der Waals surface area contributed by atoms with Crippen molar-refractivity contribution in [2.45, 2.75) is 13.5 Å². The topological polar surface area (TPSA) is 85.8 Å². The second-order valence-electron chi connectivity index (χ2n) is 4.04. The summed E-state index contributed by atoms with van der Waals surface area (Å²) in [7, 11) is 1.88. The second kappa shape index (κ2) is 4.87. The number of anilines is 1. The van der Waals surface area contributed by atoms with Gasteiger partial charge in [0.15, 0.2) is 0 Å². The number of aromatic nitrogens is 3. The Morgan fingerprint density at radius 2 is 2.28 bits per heavy atom. The van der Waals surface area contributed by atoms with Crippen LogP contribution >= 0.6 is 0 Å². The van der Waals surface area contributed by atoms with Crippen molar-refractivity contribution in [2.75, 3.05) is 5.73 Å². The minimum Gasteiger partial charge on any atom is -0.397 e. The zero-order valence-electron chi connectivity index (χ0n) is 10.3. The van der Waals surface area contributed by atoms with Crippen LogP contribution in [0.3, 0.4) is 0 Å². The zero-order chi connectivity index (χ0) is 13.1. The predicted octanol–water partition coefficient (Wildman–Crippen LogP) is 0.636. The van der Waals surface area contributed by atoms with E-state index >= 15 is 0 Å². The van der Waals surface area contributed by atoms with Crippen LogP contribution in [-0.2, 0) is 13.6 Å². The van der Waals surface area contributed by atoms with Gasteiger partial charge in [-0.3, -0.25) is 9.78 Å². The standard InChI is InChI=1S/C12H15N5O/c1-8-10(5-9(13)6-15-8)12(18)16-7-11-14-3-4-17(11)2/h3-6H,7,13H2,1-2H3,(H,16,18). The molecule has 0 saturated carbocycles. The quantitative estimate of drug-likeness (QED) is 0.830. The van der Waals surface area contributed by atoms with Crippen molar-refractivity contribution in [1.82, 2.24) is 19.9 Å². The van der Waals surface area contributed by atoms with Gasteiger partial charge in [-0.25, -0.2) is 4.98 Å². The SMILES string of the molecule is Cc1ncc(N)cc1C(=O)NCc1nccn1C. The van der Waals surface area contributed by atoms with Crippen LogP contribution < -0.4 is 11.1 Å². The normalized spacial score (nSPS) is 10.3. The molecule has 94 valence electrons. The Labute approximate surface area is 105 Å². The van der Waals surface area contributed by atoms with Gasteiger partial charge >= 0.3 is 0 Å². The molecule has 0 spiro atoms. The number of amides is 1. The average Bonchev–Trinajstić information content (AvgIpc) is 2.75. The highest BCUT2D eigenvalue weighted by molar-refractivity contribution is 5.95. The molecule has 0 aliphatic rings. The fourth-order valence-corrected chi connectivity index (χ4v) is 1.60. The van der Waals surface area contributed by atoms with Crippen LogP contribution in [0.2, 0.25) is 0 Å². The third kappa shape index (κ3) is 2.48. The molecule has 0 radical (unpaired) electrons. The van der Waals surface area contributed by atoms with Gasteiger partial charge in [0.25, 0.3) is 5.91 Å². The van der Waals surface area contributed by atoms with Gasteiger partial charge in [-0.2, -0.15) is 0 Å². The van der Waals surface area contributed by atoms with Gasteiger partial charge in [0, 0.05) is 19.4 Å². The van der Waals surface area contributed by atoms with Crippen LogP contribution in [0.15, 0.2) is 24.7 Å². The number of carbonyl (C=O) groups excluding carboxylic acids is 1. The Bertz CT molecular complexity index is 576. The van der Waals surface area contributed by atoms with Crippen molar-refractivity contribution in [1.29, 1.82) is 0 Å². The van der Waals surface area contributed by atoms with Crippen LogP contribution in [-0.4, -0.2) is 20.4 Å². The average molecular weight is 245 g/mol. The van der Waals surface area contributed by atoms with E-state index < -0.39 is 0 Å². The molecular weight excluding hydrogens is 230 g/mol. The Morgan fingerprint density at radius 3 is 2.94 bits per heavy atom. The summed E-state index contributed by atoms with van der Waals surface area (Å²) in [5, 5.41) is 2.79. The molecule has 2 aromatic rings. The first-order chi connectivity index (χ1) is 8.58. The third-order valence-electron chi connectivity index (χ3n) is 2.68. The van der Waals surface area contributed by atoms with Crippen LogP contribution in [0, 0.1) is 6.92 Å². The van der Waals surface area contributed by atoms with E-state index in [1.807, 2.05) is 17.8 Å². The lowest BCUT2D eigenvalue weighted by Gasteiger charge is -2.07.